The minimum absolute atomic E-state index is 0.101. The number of aromatic nitrogens is 1. The molecule has 1 aromatic carbocycles. The number of hydrogen-bond acceptors (Lipinski definition) is 4. The van der Waals surface area contributed by atoms with Gasteiger partial charge in [0.25, 0.3) is 5.69 Å². The van der Waals surface area contributed by atoms with Crippen molar-refractivity contribution in [2.24, 2.45) is 0 Å². The van der Waals surface area contributed by atoms with Crippen LogP contribution in [0.25, 0.3) is 12.2 Å². The summed E-state index contributed by atoms with van der Waals surface area (Å²) >= 11 is 1.58. The van der Waals surface area contributed by atoms with Gasteiger partial charge in [0, 0.05) is 17.5 Å². The molecule has 4 nitrogen and oxygen atoms in total. The second-order valence-corrected chi connectivity index (χ2v) is 5.34. The van der Waals surface area contributed by atoms with E-state index in [1.807, 2.05) is 23.6 Å². The fourth-order valence-electron chi connectivity index (χ4n) is 1.55. The van der Waals surface area contributed by atoms with Crippen molar-refractivity contribution in [2.75, 3.05) is 0 Å². The molecule has 2 rings (SSSR count). The molecule has 0 aliphatic carbocycles. The highest BCUT2D eigenvalue weighted by Gasteiger charge is 2.05. The molecule has 2 aromatic rings. The molecule has 19 heavy (non-hydrogen) atoms. The largest absolute Gasteiger partial charge is 0.270 e. The predicted molar refractivity (Wildman–Crippen MR) is 78.2 cm³/mol. The van der Waals surface area contributed by atoms with Crippen molar-refractivity contribution in [1.82, 2.24) is 4.98 Å². The lowest BCUT2D eigenvalue weighted by molar-refractivity contribution is -0.384. The van der Waals surface area contributed by atoms with Gasteiger partial charge in [-0.25, -0.2) is 4.98 Å². The third-order valence-corrected chi connectivity index (χ3v) is 3.46. The van der Waals surface area contributed by atoms with E-state index >= 15 is 0 Å². The summed E-state index contributed by atoms with van der Waals surface area (Å²) in [6, 6.07) is 6.55. The number of benzene rings is 1. The molecule has 0 aliphatic rings. The second-order valence-electron chi connectivity index (χ2n) is 4.45. The molecule has 98 valence electrons. The molecule has 0 N–H and O–H groups in total. The molecule has 0 bridgehead atoms. The van der Waals surface area contributed by atoms with Gasteiger partial charge in [0.2, 0.25) is 0 Å². The lowest BCUT2D eigenvalue weighted by atomic mass is 10.2. The number of hydrogen-bond donors (Lipinski definition) is 0. The van der Waals surface area contributed by atoms with E-state index in [2.05, 4.69) is 18.8 Å². The van der Waals surface area contributed by atoms with E-state index < -0.39 is 4.92 Å². The Kier molecular flexibility index (Phi) is 4.06. The van der Waals surface area contributed by atoms with Gasteiger partial charge in [-0.2, -0.15) is 0 Å². The van der Waals surface area contributed by atoms with E-state index in [9.17, 15) is 10.1 Å². The Bertz CT molecular complexity index is 617. The zero-order valence-corrected chi connectivity index (χ0v) is 11.6. The smallest absolute Gasteiger partial charge is 0.258 e. The summed E-state index contributed by atoms with van der Waals surface area (Å²) in [7, 11) is 0. The average Bonchev–Trinajstić information content (AvgIpc) is 2.85. The fraction of sp³-hybridized carbons (Fsp3) is 0.214. The van der Waals surface area contributed by atoms with E-state index in [0.717, 1.165) is 16.3 Å². The lowest BCUT2D eigenvalue weighted by Gasteiger charge is -1.96. The molecule has 0 saturated heterocycles. The van der Waals surface area contributed by atoms with Gasteiger partial charge in [-0.1, -0.05) is 32.1 Å². The highest BCUT2D eigenvalue weighted by atomic mass is 32.1. The maximum atomic E-state index is 10.7. The van der Waals surface area contributed by atoms with Crippen LogP contribution in [0, 0.1) is 10.1 Å². The van der Waals surface area contributed by atoms with Crippen LogP contribution in [0.4, 0.5) is 5.69 Å². The van der Waals surface area contributed by atoms with Gasteiger partial charge in [-0.15, -0.1) is 11.3 Å². The molecular formula is C14H14N2O2S. The molecule has 0 radical (unpaired) electrons. The van der Waals surface area contributed by atoms with E-state index in [1.54, 1.807) is 23.5 Å². The summed E-state index contributed by atoms with van der Waals surface area (Å²) in [4.78, 5) is 14.8. The number of nitro benzene ring substituents is 1. The van der Waals surface area contributed by atoms with E-state index in [4.69, 9.17) is 0 Å². The molecule has 0 spiro atoms. The van der Waals surface area contributed by atoms with Crippen LogP contribution in [0.2, 0.25) is 0 Å². The van der Waals surface area contributed by atoms with Gasteiger partial charge in [0.05, 0.1) is 10.6 Å². The standard InChI is InChI=1S/C14H14N2O2S/c1-10(2)13-9-19-14(15-13)7-6-11-4-3-5-12(8-11)16(17)18/h3-10H,1-2H3. The van der Waals surface area contributed by atoms with Crippen LogP contribution >= 0.6 is 11.3 Å². The zero-order chi connectivity index (χ0) is 13.8. The molecule has 0 saturated carbocycles. The summed E-state index contributed by atoms with van der Waals surface area (Å²) < 4.78 is 0. The molecule has 5 heteroatoms. The SMILES string of the molecule is CC(C)c1csc(C=Cc2cccc([N+](=O)[O-])c2)n1. The van der Waals surface area contributed by atoms with Gasteiger partial charge in [0.1, 0.15) is 5.01 Å². The van der Waals surface area contributed by atoms with Crippen LogP contribution in [-0.4, -0.2) is 9.91 Å². The van der Waals surface area contributed by atoms with Gasteiger partial charge in [-0.3, -0.25) is 10.1 Å². The number of rotatable bonds is 4. The Morgan fingerprint density at radius 1 is 1.37 bits per heavy atom. The topological polar surface area (TPSA) is 56.0 Å². The Hall–Kier alpha value is -2.01. The van der Waals surface area contributed by atoms with Crippen molar-refractivity contribution in [3.63, 3.8) is 0 Å². The molecular weight excluding hydrogens is 260 g/mol. The molecule has 1 heterocycles. The Balaban J connectivity index is 2.17. The van der Waals surface area contributed by atoms with Crippen LogP contribution < -0.4 is 0 Å². The van der Waals surface area contributed by atoms with Crippen molar-refractivity contribution < 1.29 is 4.92 Å². The highest BCUT2D eigenvalue weighted by molar-refractivity contribution is 7.10. The molecule has 0 atom stereocenters. The van der Waals surface area contributed by atoms with Crippen LogP contribution in [0.5, 0.6) is 0 Å². The summed E-state index contributed by atoms with van der Waals surface area (Å²) in [6.07, 6.45) is 3.73. The number of non-ortho nitro benzene ring substituents is 1. The molecule has 0 fully saturated rings. The van der Waals surface area contributed by atoms with Crippen molar-refractivity contribution in [3.05, 3.63) is 56.0 Å². The Labute approximate surface area is 115 Å². The fourth-order valence-corrected chi connectivity index (χ4v) is 2.42. The van der Waals surface area contributed by atoms with Crippen LogP contribution in [0.1, 0.15) is 36.0 Å². The molecule has 1 aromatic heterocycles. The second kappa shape index (κ2) is 5.75. The van der Waals surface area contributed by atoms with Gasteiger partial charge in [-0.05, 0) is 17.6 Å². The number of thiazole rings is 1. The van der Waals surface area contributed by atoms with Crippen molar-refractivity contribution in [1.29, 1.82) is 0 Å². The van der Waals surface area contributed by atoms with E-state index in [-0.39, 0.29) is 5.69 Å². The zero-order valence-electron chi connectivity index (χ0n) is 10.7. The first kappa shape index (κ1) is 13.4. The lowest BCUT2D eigenvalue weighted by Crippen LogP contribution is -1.87. The van der Waals surface area contributed by atoms with Crippen LogP contribution in [-0.2, 0) is 0 Å². The summed E-state index contributed by atoms with van der Waals surface area (Å²) in [6.45, 7) is 4.20. The van der Waals surface area contributed by atoms with Crippen molar-refractivity contribution in [3.8, 4) is 0 Å². The first-order valence-electron chi connectivity index (χ1n) is 5.94. The quantitative estimate of drug-likeness (QED) is 0.615. The molecule has 0 amide bonds. The maximum absolute atomic E-state index is 10.7. The summed E-state index contributed by atoms with van der Waals surface area (Å²) in [5.41, 5.74) is 1.98. The van der Waals surface area contributed by atoms with Crippen molar-refractivity contribution >= 4 is 29.2 Å². The Morgan fingerprint density at radius 2 is 2.16 bits per heavy atom. The van der Waals surface area contributed by atoms with Crippen LogP contribution in [0.15, 0.2) is 29.6 Å². The number of nitrogens with zero attached hydrogens (tertiary/aromatic N) is 2. The van der Waals surface area contributed by atoms with Crippen molar-refractivity contribution in [2.45, 2.75) is 19.8 Å². The predicted octanol–water partition coefficient (Wildman–Crippen LogP) is 4.35. The van der Waals surface area contributed by atoms with Crippen LogP contribution in [0.3, 0.4) is 0 Å². The number of nitro groups is 1. The minimum Gasteiger partial charge on any atom is -0.258 e. The maximum Gasteiger partial charge on any atom is 0.270 e. The normalized spacial score (nSPS) is 11.3. The first-order valence-corrected chi connectivity index (χ1v) is 6.82. The Morgan fingerprint density at radius 3 is 2.79 bits per heavy atom. The summed E-state index contributed by atoms with van der Waals surface area (Å²) in [5.74, 6) is 0.413. The molecule has 0 unspecified atom stereocenters. The third-order valence-electron chi connectivity index (χ3n) is 2.63. The van der Waals surface area contributed by atoms with E-state index in [0.29, 0.717) is 5.92 Å². The van der Waals surface area contributed by atoms with E-state index in [1.165, 1.54) is 6.07 Å². The third kappa shape index (κ3) is 3.48. The van der Waals surface area contributed by atoms with Gasteiger partial charge >= 0.3 is 0 Å². The highest BCUT2D eigenvalue weighted by Crippen LogP contribution is 2.20. The average molecular weight is 274 g/mol. The monoisotopic (exact) mass is 274 g/mol. The summed E-state index contributed by atoms with van der Waals surface area (Å²) in [5, 5.41) is 13.6. The minimum atomic E-state index is -0.391. The van der Waals surface area contributed by atoms with Gasteiger partial charge in [0.15, 0.2) is 0 Å². The van der Waals surface area contributed by atoms with Gasteiger partial charge < -0.3 is 0 Å². The first-order chi connectivity index (χ1) is 9.06. The molecule has 0 aliphatic heterocycles.